The van der Waals surface area contributed by atoms with Gasteiger partial charge in [-0.1, -0.05) is 5.16 Å². The lowest BCUT2D eigenvalue weighted by atomic mass is 10.0. The Morgan fingerprint density at radius 2 is 1.89 bits per heavy atom. The van der Waals surface area contributed by atoms with Gasteiger partial charge >= 0.3 is 5.97 Å². The summed E-state index contributed by atoms with van der Waals surface area (Å²) >= 11 is 0. The third kappa shape index (κ3) is 4.28. The van der Waals surface area contributed by atoms with Crippen LogP contribution in [0.1, 0.15) is 24.2 Å². The maximum atomic E-state index is 11.9. The number of aromatic carboxylic acids is 1. The summed E-state index contributed by atoms with van der Waals surface area (Å²) in [7, 11) is 3.70. The highest BCUT2D eigenvalue weighted by Crippen LogP contribution is 2.31. The van der Waals surface area contributed by atoms with Crippen molar-refractivity contribution in [3.63, 3.8) is 0 Å². The van der Waals surface area contributed by atoms with Crippen molar-refractivity contribution in [1.82, 2.24) is 15.0 Å². The molecule has 1 saturated heterocycles. The van der Waals surface area contributed by atoms with Gasteiger partial charge in [-0.2, -0.15) is 0 Å². The maximum absolute atomic E-state index is 11.9. The third-order valence-electron chi connectivity index (χ3n) is 5.31. The molecule has 8 heteroatoms. The fourth-order valence-electron chi connectivity index (χ4n) is 3.37. The molecule has 0 atom stereocenters. The first kappa shape index (κ1) is 20.2. The van der Waals surface area contributed by atoms with Gasteiger partial charge in [-0.05, 0) is 45.2 Å². The van der Waals surface area contributed by atoms with Crippen LogP contribution in [0.3, 0.4) is 0 Å². The highest BCUT2D eigenvalue weighted by atomic mass is 16.5. The van der Waals surface area contributed by atoms with E-state index in [0.29, 0.717) is 17.9 Å². The molecule has 1 aliphatic heterocycles. The number of aromatic nitrogens is 1. The van der Waals surface area contributed by atoms with Crippen LogP contribution in [0.5, 0.6) is 5.75 Å². The number of carboxylic acid groups (broad SMARTS) is 1. The van der Waals surface area contributed by atoms with E-state index in [4.69, 9.17) is 9.26 Å². The molecule has 1 aliphatic rings. The van der Waals surface area contributed by atoms with Gasteiger partial charge in [-0.25, -0.2) is 4.79 Å². The average molecular weight is 388 g/mol. The minimum Gasteiger partial charge on any atom is -0.497 e. The van der Waals surface area contributed by atoms with E-state index >= 15 is 0 Å². The minimum atomic E-state index is -1.08. The second-order valence-corrected chi connectivity index (χ2v) is 7.73. The van der Waals surface area contributed by atoms with Crippen LogP contribution in [-0.2, 0) is 0 Å². The van der Waals surface area contributed by atoms with Gasteiger partial charge in [0.25, 0.3) is 0 Å². The summed E-state index contributed by atoms with van der Waals surface area (Å²) in [5.41, 5.74) is 0.535. The van der Waals surface area contributed by atoms with Crippen molar-refractivity contribution in [2.24, 2.45) is 0 Å². The Bertz CT molecular complexity index is 808. The zero-order valence-corrected chi connectivity index (χ0v) is 16.9. The normalized spacial score (nSPS) is 16.1. The monoisotopic (exact) mass is 388 g/mol. The highest BCUT2D eigenvalue weighted by molar-refractivity contribution is 5.99. The van der Waals surface area contributed by atoms with E-state index in [0.717, 1.165) is 26.2 Å². The van der Waals surface area contributed by atoms with E-state index in [1.165, 1.54) is 0 Å². The first-order valence-corrected chi connectivity index (χ1v) is 9.36. The summed E-state index contributed by atoms with van der Waals surface area (Å²) in [6.45, 7) is 8.86. The molecule has 0 bridgehead atoms. The van der Waals surface area contributed by atoms with E-state index < -0.39 is 5.97 Å². The van der Waals surface area contributed by atoms with E-state index in [1.807, 2.05) is 0 Å². The van der Waals surface area contributed by atoms with Gasteiger partial charge in [0.1, 0.15) is 5.75 Å². The topological polar surface area (TPSA) is 91.1 Å². The standard InChI is InChI=1S/C20H28N4O4/c1-20(2,24-11-9-23(3)10-12-24)13-21-18-16(19(25)26)17(28-22-18)14-5-7-15(27-4)8-6-14/h5-8H,9-13H2,1-4H3,(H,21,22)(H,25,26). The van der Waals surface area contributed by atoms with E-state index in [1.54, 1.807) is 31.4 Å². The number of nitrogens with one attached hydrogen (secondary N) is 1. The number of ether oxygens (including phenoxy) is 1. The number of hydrogen-bond donors (Lipinski definition) is 2. The van der Waals surface area contributed by atoms with Crippen molar-refractivity contribution in [3.05, 3.63) is 29.8 Å². The van der Waals surface area contributed by atoms with Crippen LogP contribution in [-0.4, -0.2) is 78.5 Å². The SMILES string of the molecule is COc1ccc(-c2onc(NCC(C)(C)N3CCN(C)CC3)c2C(=O)O)cc1. The quantitative estimate of drug-likeness (QED) is 0.748. The summed E-state index contributed by atoms with van der Waals surface area (Å²) in [5.74, 6) is 0.0926. The number of hydrogen-bond acceptors (Lipinski definition) is 7. The number of anilines is 1. The molecule has 1 aromatic carbocycles. The molecule has 2 aromatic rings. The second-order valence-electron chi connectivity index (χ2n) is 7.73. The van der Waals surface area contributed by atoms with Gasteiger partial charge in [0.2, 0.25) is 0 Å². The summed E-state index contributed by atoms with van der Waals surface area (Å²) in [6.07, 6.45) is 0. The molecule has 8 nitrogen and oxygen atoms in total. The fraction of sp³-hybridized carbons (Fsp3) is 0.500. The second kappa shape index (κ2) is 8.20. The highest BCUT2D eigenvalue weighted by Gasteiger charge is 2.31. The van der Waals surface area contributed by atoms with Gasteiger partial charge in [-0.15, -0.1) is 0 Å². The molecular weight excluding hydrogens is 360 g/mol. The summed E-state index contributed by atoms with van der Waals surface area (Å²) in [6, 6.07) is 7.02. The molecular formula is C20H28N4O4. The maximum Gasteiger partial charge on any atom is 0.343 e. The van der Waals surface area contributed by atoms with E-state index in [-0.39, 0.29) is 22.7 Å². The molecule has 0 amide bonds. The zero-order valence-electron chi connectivity index (χ0n) is 16.9. The number of likely N-dealkylation sites (N-methyl/N-ethyl adjacent to an activating group) is 1. The number of carboxylic acids is 1. The van der Waals surface area contributed by atoms with Gasteiger partial charge in [0.15, 0.2) is 17.1 Å². The van der Waals surface area contributed by atoms with Crippen LogP contribution >= 0.6 is 0 Å². The summed E-state index contributed by atoms with van der Waals surface area (Å²) in [5, 5.41) is 16.9. The average Bonchev–Trinajstić information content (AvgIpc) is 3.11. The van der Waals surface area contributed by atoms with Crippen LogP contribution in [0.4, 0.5) is 5.82 Å². The molecule has 2 N–H and O–H groups in total. The molecule has 0 saturated carbocycles. The Morgan fingerprint density at radius 1 is 1.25 bits per heavy atom. The number of carbonyl (C=O) groups is 1. The molecule has 1 aromatic heterocycles. The van der Waals surface area contributed by atoms with Crippen molar-refractivity contribution < 1.29 is 19.2 Å². The largest absolute Gasteiger partial charge is 0.497 e. The van der Waals surface area contributed by atoms with E-state index in [2.05, 4.69) is 41.2 Å². The molecule has 28 heavy (non-hydrogen) atoms. The number of piperazine rings is 1. The predicted octanol–water partition coefficient (Wildman–Crippen LogP) is 2.49. The predicted molar refractivity (Wildman–Crippen MR) is 107 cm³/mol. The Kier molecular flexibility index (Phi) is 5.90. The molecule has 1 fully saturated rings. The van der Waals surface area contributed by atoms with Gasteiger partial charge < -0.3 is 24.6 Å². The lowest BCUT2D eigenvalue weighted by Crippen LogP contribution is -2.56. The zero-order chi connectivity index (χ0) is 20.3. The molecule has 0 aliphatic carbocycles. The Hall–Kier alpha value is -2.58. The number of rotatable bonds is 7. The Labute approximate surface area is 165 Å². The van der Waals surface area contributed by atoms with Crippen LogP contribution in [0.2, 0.25) is 0 Å². The number of benzene rings is 1. The van der Waals surface area contributed by atoms with Crippen molar-refractivity contribution in [3.8, 4) is 17.1 Å². The molecule has 0 unspecified atom stereocenters. The fourth-order valence-corrected chi connectivity index (χ4v) is 3.37. The Morgan fingerprint density at radius 3 is 2.46 bits per heavy atom. The Balaban J connectivity index is 1.77. The first-order chi connectivity index (χ1) is 13.3. The lowest BCUT2D eigenvalue weighted by molar-refractivity contribution is 0.0686. The van der Waals surface area contributed by atoms with Gasteiger partial charge in [0.05, 0.1) is 7.11 Å². The molecule has 0 spiro atoms. The van der Waals surface area contributed by atoms with Crippen molar-refractivity contribution in [2.45, 2.75) is 19.4 Å². The van der Waals surface area contributed by atoms with Crippen molar-refractivity contribution in [1.29, 1.82) is 0 Å². The molecule has 0 radical (unpaired) electrons. The van der Waals surface area contributed by atoms with Crippen molar-refractivity contribution in [2.75, 3.05) is 52.2 Å². The number of nitrogens with zero attached hydrogens (tertiary/aromatic N) is 3. The summed E-state index contributed by atoms with van der Waals surface area (Å²) in [4.78, 5) is 16.6. The third-order valence-corrected chi connectivity index (χ3v) is 5.31. The minimum absolute atomic E-state index is 0.0411. The first-order valence-electron chi connectivity index (χ1n) is 9.36. The van der Waals surface area contributed by atoms with Crippen LogP contribution in [0, 0.1) is 0 Å². The number of methoxy groups -OCH3 is 1. The van der Waals surface area contributed by atoms with Crippen molar-refractivity contribution >= 4 is 11.8 Å². The van der Waals surface area contributed by atoms with Gasteiger partial charge in [-0.3, -0.25) is 4.90 Å². The van der Waals surface area contributed by atoms with Crippen LogP contribution in [0.15, 0.2) is 28.8 Å². The smallest absolute Gasteiger partial charge is 0.343 e. The lowest BCUT2D eigenvalue weighted by Gasteiger charge is -2.43. The van der Waals surface area contributed by atoms with Gasteiger partial charge in [0, 0.05) is 43.8 Å². The van der Waals surface area contributed by atoms with Crippen LogP contribution in [0.25, 0.3) is 11.3 Å². The summed E-state index contributed by atoms with van der Waals surface area (Å²) < 4.78 is 10.5. The van der Waals surface area contributed by atoms with E-state index in [9.17, 15) is 9.90 Å². The molecule has 3 rings (SSSR count). The molecule has 2 heterocycles. The van der Waals surface area contributed by atoms with Crippen LogP contribution < -0.4 is 10.1 Å². The molecule has 152 valence electrons.